The maximum Gasteiger partial charge on any atom is 0.322 e. The molecule has 1 saturated heterocycles. The highest BCUT2D eigenvalue weighted by molar-refractivity contribution is 7.88. The van der Waals surface area contributed by atoms with Gasteiger partial charge < -0.3 is 5.11 Å². The summed E-state index contributed by atoms with van der Waals surface area (Å²) in [5, 5.41) is 8.99. The van der Waals surface area contributed by atoms with Gasteiger partial charge in [0.2, 0.25) is 10.0 Å². The minimum Gasteiger partial charge on any atom is -0.480 e. The highest BCUT2D eigenvalue weighted by atomic mass is 32.2. The first-order chi connectivity index (χ1) is 8.90. The van der Waals surface area contributed by atoms with Crippen LogP contribution in [-0.2, 0) is 20.6 Å². The van der Waals surface area contributed by atoms with Gasteiger partial charge in [-0.05, 0) is 30.5 Å². The molecule has 1 aliphatic rings. The molecule has 5 nitrogen and oxygen atoms in total. The van der Waals surface area contributed by atoms with E-state index in [-0.39, 0.29) is 12.3 Å². The second kappa shape index (κ2) is 5.26. The number of carbonyl (C=O) groups is 1. The molecule has 19 heavy (non-hydrogen) atoms. The maximum absolute atomic E-state index is 13.0. The Balaban J connectivity index is 2.21. The summed E-state index contributed by atoms with van der Waals surface area (Å²) < 4.78 is 38.4. The van der Waals surface area contributed by atoms with Crippen molar-refractivity contribution in [1.82, 2.24) is 4.31 Å². The van der Waals surface area contributed by atoms with Crippen molar-refractivity contribution >= 4 is 16.0 Å². The number of hydrogen-bond acceptors (Lipinski definition) is 3. The van der Waals surface area contributed by atoms with Crippen LogP contribution < -0.4 is 0 Å². The van der Waals surface area contributed by atoms with Crippen molar-refractivity contribution < 1.29 is 22.7 Å². The Kier molecular flexibility index (Phi) is 3.86. The van der Waals surface area contributed by atoms with Gasteiger partial charge in [0.05, 0.1) is 5.75 Å². The number of carboxylic acid groups (broad SMARTS) is 1. The average Bonchev–Trinajstić information content (AvgIpc) is 2.77. The Morgan fingerprint density at radius 2 is 2.21 bits per heavy atom. The molecule has 1 unspecified atom stereocenters. The molecule has 0 aromatic heterocycles. The Labute approximate surface area is 110 Å². The van der Waals surface area contributed by atoms with Crippen LogP contribution in [-0.4, -0.2) is 36.4 Å². The maximum atomic E-state index is 13.0. The van der Waals surface area contributed by atoms with Crippen LogP contribution in [0.1, 0.15) is 18.4 Å². The normalized spacial score (nSPS) is 20.6. The smallest absolute Gasteiger partial charge is 0.322 e. The second-order valence-electron chi connectivity index (χ2n) is 4.49. The van der Waals surface area contributed by atoms with Crippen molar-refractivity contribution in [2.45, 2.75) is 24.6 Å². The number of hydrogen-bond donors (Lipinski definition) is 1. The molecule has 1 heterocycles. The lowest BCUT2D eigenvalue weighted by molar-refractivity contribution is -0.140. The fourth-order valence-electron chi connectivity index (χ4n) is 2.24. The number of carboxylic acids is 1. The number of rotatable bonds is 4. The fourth-order valence-corrected chi connectivity index (χ4v) is 4.00. The molecule has 1 aromatic rings. The quantitative estimate of drug-likeness (QED) is 0.903. The zero-order valence-electron chi connectivity index (χ0n) is 10.1. The first kappa shape index (κ1) is 14.0. The molecular weight excluding hydrogens is 273 g/mol. The van der Waals surface area contributed by atoms with E-state index in [0.29, 0.717) is 18.4 Å². The molecule has 0 saturated carbocycles. The van der Waals surface area contributed by atoms with Gasteiger partial charge in [-0.25, -0.2) is 12.8 Å². The molecule has 1 N–H and O–H groups in total. The molecule has 0 amide bonds. The van der Waals surface area contributed by atoms with Crippen LogP contribution in [0.3, 0.4) is 0 Å². The van der Waals surface area contributed by atoms with Gasteiger partial charge >= 0.3 is 5.97 Å². The van der Waals surface area contributed by atoms with E-state index in [1.165, 1.54) is 18.2 Å². The molecule has 7 heteroatoms. The minimum atomic E-state index is -3.74. The molecule has 0 bridgehead atoms. The van der Waals surface area contributed by atoms with Gasteiger partial charge in [0.1, 0.15) is 11.9 Å². The SMILES string of the molecule is O=C(O)C1CCCN1S(=O)(=O)Cc1cccc(F)c1. The van der Waals surface area contributed by atoms with Gasteiger partial charge in [-0.2, -0.15) is 4.31 Å². The number of halogens is 1. The minimum absolute atomic E-state index is 0.203. The second-order valence-corrected chi connectivity index (χ2v) is 6.41. The highest BCUT2D eigenvalue weighted by Gasteiger charge is 2.38. The van der Waals surface area contributed by atoms with Crippen molar-refractivity contribution in [3.05, 3.63) is 35.6 Å². The standard InChI is InChI=1S/C12H14FNO4S/c13-10-4-1-3-9(7-10)8-19(17,18)14-6-2-5-11(14)12(15)16/h1,3-4,7,11H,2,5-6,8H2,(H,15,16). The van der Waals surface area contributed by atoms with Gasteiger partial charge in [-0.1, -0.05) is 12.1 Å². The third-order valence-corrected chi connectivity index (χ3v) is 4.93. The van der Waals surface area contributed by atoms with Gasteiger partial charge in [0, 0.05) is 6.54 Å². The van der Waals surface area contributed by atoms with Crippen LogP contribution in [0.15, 0.2) is 24.3 Å². The van der Waals surface area contributed by atoms with Gasteiger partial charge in [0.15, 0.2) is 0 Å². The van der Waals surface area contributed by atoms with E-state index < -0.39 is 27.9 Å². The number of nitrogens with zero attached hydrogens (tertiary/aromatic N) is 1. The first-order valence-corrected chi connectivity index (χ1v) is 7.48. The van der Waals surface area contributed by atoms with Crippen LogP contribution >= 0.6 is 0 Å². The summed E-state index contributed by atoms with van der Waals surface area (Å²) in [6.45, 7) is 0.203. The monoisotopic (exact) mass is 287 g/mol. The predicted molar refractivity (Wildman–Crippen MR) is 66.4 cm³/mol. The summed E-state index contributed by atoms with van der Waals surface area (Å²) >= 11 is 0. The molecular formula is C12H14FNO4S. The van der Waals surface area contributed by atoms with Crippen LogP contribution in [0.2, 0.25) is 0 Å². The molecule has 1 aliphatic heterocycles. The van der Waals surface area contributed by atoms with Crippen LogP contribution in [0.5, 0.6) is 0 Å². The molecule has 2 rings (SSSR count). The van der Waals surface area contributed by atoms with E-state index in [0.717, 1.165) is 10.4 Å². The summed E-state index contributed by atoms with van der Waals surface area (Å²) in [6, 6.07) is 4.30. The van der Waals surface area contributed by atoms with E-state index in [2.05, 4.69) is 0 Å². The summed E-state index contributed by atoms with van der Waals surface area (Å²) in [4.78, 5) is 11.0. The van der Waals surface area contributed by atoms with Crippen LogP contribution in [0, 0.1) is 5.82 Å². The molecule has 0 radical (unpaired) electrons. The van der Waals surface area contributed by atoms with E-state index in [1.807, 2.05) is 0 Å². The van der Waals surface area contributed by atoms with Gasteiger partial charge in [0.25, 0.3) is 0 Å². The van der Waals surface area contributed by atoms with Crippen molar-refractivity contribution in [3.8, 4) is 0 Å². The van der Waals surface area contributed by atoms with Crippen molar-refractivity contribution in [1.29, 1.82) is 0 Å². The summed E-state index contributed by atoms with van der Waals surface area (Å²) in [5.74, 6) is -2.03. The zero-order chi connectivity index (χ0) is 14.0. The van der Waals surface area contributed by atoms with Gasteiger partial charge in [-0.3, -0.25) is 4.79 Å². The summed E-state index contributed by atoms with van der Waals surface area (Å²) in [5.41, 5.74) is 0.316. The Morgan fingerprint density at radius 1 is 1.47 bits per heavy atom. The number of sulfonamides is 1. The Bertz CT molecular complexity index is 587. The van der Waals surface area contributed by atoms with E-state index >= 15 is 0 Å². The molecule has 1 fully saturated rings. The third-order valence-electron chi connectivity index (χ3n) is 3.08. The van der Waals surface area contributed by atoms with Crippen molar-refractivity contribution in [2.75, 3.05) is 6.54 Å². The average molecular weight is 287 g/mol. The summed E-state index contributed by atoms with van der Waals surface area (Å²) in [7, 11) is -3.74. The number of benzene rings is 1. The lowest BCUT2D eigenvalue weighted by Gasteiger charge is -2.20. The summed E-state index contributed by atoms with van der Waals surface area (Å²) in [6.07, 6.45) is 0.844. The molecule has 0 aliphatic carbocycles. The Hall–Kier alpha value is -1.47. The largest absolute Gasteiger partial charge is 0.480 e. The first-order valence-electron chi connectivity index (χ1n) is 5.87. The molecule has 1 aromatic carbocycles. The van der Waals surface area contributed by atoms with Crippen LogP contribution in [0.25, 0.3) is 0 Å². The zero-order valence-corrected chi connectivity index (χ0v) is 10.9. The van der Waals surface area contributed by atoms with Crippen LogP contribution in [0.4, 0.5) is 4.39 Å². The number of aliphatic carboxylic acids is 1. The topological polar surface area (TPSA) is 74.7 Å². The van der Waals surface area contributed by atoms with Crippen molar-refractivity contribution in [3.63, 3.8) is 0 Å². The molecule has 104 valence electrons. The molecule has 0 spiro atoms. The lowest BCUT2D eigenvalue weighted by Crippen LogP contribution is -2.40. The van der Waals surface area contributed by atoms with E-state index in [4.69, 9.17) is 5.11 Å². The van der Waals surface area contributed by atoms with E-state index in [1.54, 1.807) is 0 Å². The van der Waals surface area contributed by atoms with Gasteiger partial charge in [-0.15, -0.1) is 0 Å². The fraction of sp³-hybridized carbons (Fsp3) is 0.417. The van der Waals surface area contributed by atoms with Crippen molar-refractivity contribution in [2.24, 2.45) is 0 Å². The predicted octanol–water partition coefficient (Wildman–Crippen LogP) is 1.20. The highest BCUT2D eigenvalue weighted by Crippen LogP contribution is 2.23. The Morgan fingerprint density at radius 3 is 2.84 bits per heavy atom. The van der Waals surface area contributed by atoms with E-state index in [9.17, 15) is 17.6 Å². The molecule has 1 atom stereocenters. The third kappa shape index (κ3) is 3.10. The lowest BCUT2D eigenvalue weighted by atomic mass is 10.2.